The molecule has 0 aliphatic carbocycles. The van der Waals surface area contributed by atoms with E-state index in [0.717, 1.165) is 38.6 Å². The first-order valence-corrected chi connectivity index (χ1v) is 15.9. The lowest BCUT2D eigenvalue weighted by atomic mass is 9.95. The second-order valence-corrected chi connectivity index (χ2v) is 12.4. The van der Waals surface area contributed by atoms with Crippen LogP contribution in [0.2, 0.25) is 0 Å². The minimum Gasteiger partial charge on any atom is -0.480 e. The number of terminal acetylenes is 1. The third-order valence-electron chi connectivity index (χ3n) is 9.58. The van der Waals surface area contributed by atoms with Gasteiger partial charge in [0.2, 0.25) is 5.88 Å². The Hall–Kier alpha value is -4.34. The maximum Gasteiger partial charge on any atom is 0.319 e. The highest BCUT2D eigenvalue weighted by Gasteiger charge is 2.49. The van der Waals surface area contributed by atoms with Crippen LogP contribution >= 0.6 is 0 Å². The summed E-state index contributed by atoms with van der Waals surface area (Å²) in [5, 5.41) is 1.11. The van der Waals surface area contributed by atoms with Gasteiger partial charge in [0.1, 0.15) is 46.8 Å². The Morgan fingerprint density at radius 1 is 1.00 bits per heavy atom. The molecular formula is C35H36F3N5O4. The van der Waals surface area contributed by atoms with Crippen molar-refractivity contribution in [2.45, 2.75) is 50.2 Å². The number of pyridine rings is 1. The number of rotatable bonds is 9. The zero-order chi connectivity index (χ0) is 32.7. The molecule has 2 aromatic carbocycles. The van der Waals surface area contributed by atoms with Gasteiger partial charge in [-0.05, 0) is 62.2 Å². The third kappa shape index (κ3) is 5.55. The van der Waals surface area contributed by atoms with Gasteiger partial charge >= 0.3 is 6.01 Å². The highest BCUT2D eigenvalue weighted by atomic mass is 19.1. The lowest BCUT2D eigenvalue weighted by Crippen LogP contribution is -2.43. The van der Waals surface area contributed by atoms with Crippen molar-refractivity contribution in [3.8, 4) is 41.2 Å². The Morgan fingerprint density at radius 3 is 2.60 bits per heavy atom. The third-order valence-corrected chi connectivity index (χ3v) is 9.58. The smallest absolute Gasteiger partial charge is 0.319 e. The average molecular weight is 648 g/mol. The van der Waals surface area contributed by atoms with E-state index >= 15 is 8.78 Å². The van der Waals surface area contributed by atoms with E-state index in [4.69, 9.17) is 30.4 Å². The van der Waals surface area contributed by atoms with Crippen molar-refractivity contribution in [1.29, 1.82) is 0 Å². The first kappa shape index (κ1) is 31.3. The number of hydrogen-bond acceptors (Lipinski definition) is 9. The Kier molecular flexibility index (Phi) is 8.45. The normalized spacial score (nSPS) is 21.3. The van der Waals surface area contributed by atoms with Crippen molar-refractivity contribution >= 4 is 27.5 Å². The summed E-state index contributed by atoms with van der Waals surface area (Å²) >= 11 is 0. The number of methoxy groups -OCH3 is 2. The fraction of sp³-hybridized carbons (Fsp3) is 0.457. The highest BCUT2D eigenvalue weighted by molar-refractivity contribution is 6.04. The number of anilines is 1. The summed E-state index contributed by atoms with van der Waals surface area (Å²) in [6.07, 6.45) is 9.93. The first-order valence-electron chi connectivity index (χ1n) is 15.9. The van der Waals surface area contributed by atoms with Crippen LogP contribution in [0.5, 0.6) is 17.6 Å². The van der Waals surface area contributed by atoms with Gasteiger partial charge in [-0.3, -0.25) is 4.90 Å². The minimum absolute atomic E-state index is 0.0166. The standard InChI is InChI=1S/C35H36F3N5O4/c1-4-24-26(37)10-9-21-15-23(47-20-44-2)16-25(27(21)24)30-29(38)31-28(33(39-30)45-3)32(42-12-6-5-7-13-42)41-34(40-31)46-19-35-11-8-14-43(35)18-22(36)17-35/h1,9-10,15-16,22H,5-8,11-14,17-20H2,2-3H3/t22-,35+/m1/s1. The maximum absolute atomic E-state index is 17.1. The van der Waals surface area contributed by atoms with E-state index in [9.17, 15) is 4.39 Å². The van der Waals surface area contributed by atoms with Gasteiger partial charge in [0.15, 0.2) is 12.6 Å². The van der Waals surface area contributed by atoms with Crippen LogP contribution in [0.25, 0.3) is 32.9 Å². The molecule has 3 fully saturated rings. The molecule has 12 heteroatoms. The number of alkyl halides is 1. The van der Waals surface area contributed by atoms with E-state index in [-0.39, 0.29) is 53.0 Å². The SMILES string of the molecule is C#Cc1c(F)ccc2cc(OCOC)cc(-c3nc(OC)c4c(N5CCCCC5)nc(OC[C@@]56CCCN5C[C@H](F)C6)nc4c3F)c12. The fourth-order valence-corrected chi connectivity index (χ4v) is 7.43. The Morgan fingerprint density at radius 2 is 1.83 bits per heavy atom. The van der Waals surface area contributed by atoms with E-state index in [2.05, 4.69) is 25.7 Å². The van der Waals surface area contributed by atoms with Crippen molar-refractivity contribution in [3.05, 3.63) is 41.5 Å². The predicted molar refractivity (Wildman–Crippen MR) is 172 cm³/mol. The maximum atomic E-state index is 17.1. The molecule has 4 aromatic rings. The molecule has 2 atom stereocenters. The van der Waals surface area contributed by atoms with E-state index in [0.29, 0.717) is 48.4 Å². The van der Waals surface area contributed by atoms with Gasteiger partial charge in [-0.2, -0.15) is 9.97 Å². The summed E-state index contributed by atoms with van der Waals surface area (Å²) in [6.45, 7) is 2.71. The molecule has 0 spiro atoms. The zero-order valence-corrected chi connectivity index (χ0v) is 26.5. The molecule has 0 unspecified atom stereocenters. The number of piperidine rings is 1. The van der Waals surface area contributed by atoms with Crippen LogP contribution in [0.15, 0.2) is 24.3 Å². The largest absolute Gasteiger partial charge is 0.480 e. The molecule has 3 aliphatic rings. The van der Waals surface area contributed by atoms with Gasteiger partial charge in [0.25, 0.3) is 0 Å². The topological polar surface area (TPSA) is 82.1 Å². The quantitative estimate of drug-likeness (QED) is 0.160. The molecule has 2 aromatic heterocycles. The fourth-order valence-electron chi connectivity index (χ4n) is 7.43. The summed E-state index contributed by atoms with van der Waals surface area (Å²) < 4.78 is 69.5. The summed E-state index contributed by atoms with van der Waals surface area (Å²) in [5.41, 5.74) is -0.516. The molecule has 0 amide bonds. The monoisotopic (exact) mass is 647 g/mol. The number of benzene rings is 2. The summed E-state index contributed by atoms with van der Waals surface area (Å²) in [6, 6.07) is 6.01. The van der Waals surface area contributed by atoms with Gasteiger partial charge in [0, 0.05) is 44.1 Å². The van der Waals surface area contributed by atoms with Crippen LogP contribution in [-0.4, -0.2) is 85.4 Å². The molecule has 0 radical (unpaired) electrons. The molecule has 3 aliphatic heterocycles. The molecule has 47 heavy (non-hydrogen) atoms. The number of aromatic nitrogens is 3. The molecule has 7 rings (SSSR count). The molecule has 0 saturated carbocycles. The second-order valence-electron chi connectivity index (χ2n) is 12.4. The summed E-state index contributed by atoms with van der Waals surface area (Å²) in [5.74, 6) is 1.89. The number of nitrogens with zero attached hydrogens (tertiary/aromatic N) is 5. The van der Waals surface area contributed by atoms with Crippen LogP contribution in [0.1, 0.15) is 44.1 Å². The van der Waals surface area contributed by atoms with Crippen molar-refractivity contribution < 1.29 is 32.1 Å². The molecule has 0 N–H and O–H groups in total. The molecule has 246 valence electrons. The molecule has 5 heterocycles. The molecule has 0 bridgehead atoms. The van der Waals surface area contributed by atoms with Crippen molar-refractivity contribution in [2.24, 2.45) is 0 Å². The number of hydrogen-bond donors (Lipinski definition) is 0. The van der Waals surface area contributed by atoms with E-state index in [1.54, 1.807) is 18.2 Å². The Balaban J connectivity index is 1.43. The predicted octanol–water partition coefficient (Wildman–Crippen LogP) is 6.04. The van der Waals surface area contributed by atoms with Crippen LogP contribution < -0.4 is 19.1 Å². The van der Waals surface area contributed by atoms with E-state index in [1.807, 2.05) is 0 Å². The lowest BCUT2D eigenvalue weighted by molar-refractivity contribution is 0.0512. The Bertz CT molecular complexity index is 1880. The summed E-state index contributed by atoms with van der Waals surface area (Å²) in [4.78, 5) is 18.2. The molecule has 9 nitrogen and oxygen atoms in total. The van der Waals surface area contributed by atoms with Crippen LogP contribution in [0, 0.1) is 24.0 Å². The number of halogens is 3. The van der Waals surface area contributed by atoms with Crippen LogP contribution in [0.3, 0.4) is 0 Å². The lowest BCUT2D eigenvalue weighted by Gasteiger charge is -2.31. The molecule has 3 saturated heterocycles. The molecular weight excluding hydrogens is 611 g/mol. The Labute approximate surface area is 271 Å². The van der Waals surface area contributed by atoms with Crippen molar-refractivity contribution in [2.75, 3.05) is 58.7 Å². The number of fused-ring (bicyclic) bond motifs is 3. The van der Waals surface area contributed by atoms with Gasteiger partial charge in [-0.25, -0.2) is 18.2 Å². The van der Waals surface area contributed by atoms with Gasteiger partial charge in [-0.15, -0.1) is 6.42 Å². The van der Waals surface area contributed by atoms with Crippen molar-refractivity contribution in [1.82, 2.24) is 19.9 Å². The first-order chi connectivity index (χ1) is 22.9. The van der Waals surface area contributed by atoms with Gasteiger partial charge < -0.3 is 23.8 Å². The minimum atomic E-state index is -0.924. The van der Waals surface area contributed by atoms with Crippen LogP contribution in [-0.2, 0) is 4.74 Å². The van der Waals surface area contributed by atoms with Gasteiger partial charge in [-0.1, -0.05) is 12.0 Å². The van der Waals surface area contributed by atoms with E-state index < -0.39 is 23.3 Å². The van der Waals surface area contributed by atoms with Gasteiger partial charge in [0.05, 0.1) is 18.2 Å². The second kappa shape index (κ2) is 12.7. The average Bonchev–Trinajstić information content (AvgIpc) is 3.62. The highest BCUT2D eigenvalue weighted by Crippen LogP contribution is 2.44. The number of ether oxygens (including phenoxy) is 4. The summed E-state index contributed by atoms with van der Waals surface area (Å²) in [7, 11) is 2.92. The zero-order valence-electron chi connectivity index (χ0n) is 26.5. The van der Waals surface area contributed by atoms with Crippen molar-refractivity contribution in [3.63, 3.8) is 0 Å². The van der Waals surface area contributed by atoms with Crippen LogP contribution in [0.4, 0.5) is 19.0 Å². The van der Waals surface area contributed by atoms with E-state index in [1.165, 1.54) is 20.3 Å².